The largest absolute Gasteiger partial charge is 0.481 e. The van der Waals surface area contributed by atoms with Gasteiger partial charge in [-0.2, -0.15) is 0 Å². The third-order valence-electron chi connectivity index (χ3n) is 6.32. The number of aliphatic carboxylic acids is 1. The summed E-state index contributed by atoms with van der Waals surface area (Å²) >= 11 is 12.0. The lowest BCUT2D eigenvalue weighted by Crippen LogP contribution is -2.31. The van der Waals surface area contributed by atoms with E-state index in [0.29, 0.717) is 5.69 Å². The van der Waals surface area contributed by atoms with Crippen LogP contribution in [-0.2, 0) is 11.2 Å². The molecule has 2 N–H and O–H groups in total. The molecule has 15 heteroatoms. The molecule has 13 nitrogen and oxygen atoms in total. The van der Waals surface area contributed by atoms with Gasteiger partial charge in [-0.25, -0.2) is 0 Å². The van der Waals surface area contributed by atoms with Gasteiger partial charge in [-0.3, -0.25) is 34.6 Å². The Hall–Kier alpha value is -4.33. The number of hydrogen-bond donors (Lipinski definition) is 2. The van der Waals surface area contributed by atoms with Crippen LogP contribution in [0.15, 0.2) is 52.2 Å². The quantitative estimate of drug-likeness (QED) is 0.218. The minimum atomic E-state index is -0.833. The average Bonchev–Trinajstić information content (AvgIpc) is 2.87. The van der Waals surface area contributed by atoms with Crippen molar-refractivity contribution in [2.24, 2.45) is 0 Å². The molecule has 0 radical (unpaired) electrons. The van der Waals surface area contributed by atoms with E-state index in [1.165, 1.54) is 51.7 Å². The molecule has 0 saturated heterocycles. The molecule has 2 heterocycles. The Kier molecular flexibility index (Phi) is 9.48. The number of carbonyl (C=O) groups is 1. The van der Waals surface area contributed by atoms with E-state index >= 15 is 0 Å². The van der Waals surface area contributed by atoms with Crippen molar-refractivity contribution in [2.75, 3.05) is 6.61 Å². The third kappa shape index (κ3) is 6.21. The van der Waals surface area contributed by atoms with Gasteiger partial charge in [0.2, 0.25) is 0 Å². The lowest BCUT2D eigenvalue weighted by Gasteiger charge is -2.23. The molecule has 0 fully saturated rings. The number of nitro groups is 2. The smallest absolute Gasteiger partial charge is 0.300 e. The molecule has 216 valence electrons. The van der Waals surface area contributed by atoms with Gasteiger partial charge in [0.05, 0.1) is 44.0 Å². The number of benzene rings is 2. The van der Waals surface area contributed by atoms with Crippen molar-refractivity contribution < 1.29 is 24.9 Å². The second kappa shape index (κ2) is 12.5. The number of rotatable bonds is 7. The van der Waals surface area contributed by atoms with Gasteiger partial charge in [-0.15, -0.1) is 0 Å². The van der Waals surface area contributed by atoms with Crippen LogP contribution >= 0.6 is 23.2 Å². The van der Waals surface area contributed by atoms with Crippen molar-refractivity contribution in [3.63, 3.8) is 0 Å². The molecule has 2 aromatic heterocycles. The van der Waals surface area contributed by atoms with Gasteiger partial charge in [0, 0.05) is 31.3 Å². The van der Waals surface area contributed by atoms with E-state index < -0.39 is 44.7 Å². The first-order valence-corrected chi connectivity index (χ1v) is 12.8. The zero-order chi connectivity index (χ0) is 30.8. The van der Waals surface area contributed by atoms with E-state index in [-0.39, 0.29) is 50.3 Å². The molecule has 2 aromatic carbocycles. The van der Waals surface area contributed by atoms with E-state index in [9.17, 15) is 34.9 Å². The second-order valence-corrected chi connectivity index (χ2v) is 9.99. The number of halogens is 2. The van der Waals surface area contributed by atoms with Crippen LogP contribution in [0.2, 0.25) is 10.0 Å². The van der Waals surface area contributed by atoms with Crippen LogP contribution in [0.25, 0.3) is 21.5 Å². The van der Waals surface area contributed by atoms with Crippen molar-refractivity contribution in [1.82, 2.24) is 9.13 Å². The predicted molar refractivity (Wildman–Crippen MR) is 153 cm³/mol. The number of nitro benzene ring substituents is 2. The summed E-state index contributed by atoms with van der Waals surface area (Å²) in [4.78, 5) is 57.5. The minimum absolute atomic E-state index is 0.0437. The normalized spacial score (nSPS) is 12.4. The summed E-state index contributed by atoms with van der Waals surface area (Å²) in [5.74, 6) is -0.833. The van der Waals surface area contributed by atoms with Crippen LogP contribution in [0, 0.1) is 20.2 Å². The number of fused-ring (bicyclic) bond motifs is 2. The summed E-state index contributed by atoms with van der Waals surface area (Å²) in [7, 11) is 0. The van der Waals surface area contributed by atoms with Gasteiger partial charge in [0.25, 0.3) is 28.5 Å². The van der Waals surface area contributed by atoms with Crippen LogP contribution in [0.5, 0.6) is 0 Å². The van der Waals surface area contributed by atoms with Gasteiger partial charge in [0.15, 0.2) is 0 Å². The number of carboxylic acid groups (broad SMARTS) is 1. The highest BCUT2D eigenvalue weighted by Gasteiger charge is 2.25. The fraction of sp³-hybridized carbons (Fsp3) is 0.269. The molecule has 0 unspecified atom stereocenters. The van der Waals surface area contributed by atoms with E-state index in [0.717, 1.165) is 6.92 Å². The lowest BCUT2D eigenvalue weighted by atomic mass is 10.0. The Morgan fingerprint density at radius 2 is 1.37 bits per heavy atom. The number of aliphatic hydroxyl groups is 1. The summed E-state index contributed by atoms with van der Waals surface area (Å²) in [6, 6.07) is 7.01. The SMILES string of the molecule is CC(=O)O.C[C@H](Cc1cc2c([N+](=O)[O-])c(Cl)ccc2c(=O)n1[C@H](C)CO)n1ccc2c([N+](=O)[O-])c(Cl)ccc2c1=O. The number of pyridine rings is 2. The zero-order valence-electron chi connectivity index (χ0n) is 21.9. The molecule has 0 aliphatic carbocycles. The van der Waals surface area contributed by atoms with Crippen LogP contribution in [0.1, 0.15) is 38.5 Å². The maximum Gasteiger partial charge on any atom is 0.300 e. The van der Waals surface area contributed by atoms with Crippen molar-refractivity contribution >= 4 is 62.1 Å². The van der Waals surface area contributed by atoms with Crippen LogP contribution in [-0.4, -0.2) is 41.8 Å². The Bertz CT molecular complexity index is 1810. The standard InChI is InChI=1S/C24H20Cl2N4O7.C2H4O2/c1-12(27-8-7-15-16(23(27)32)3-5-19(25)21(15)29(34)35)9-14-10-18-17(24(33)28(14)13(2)11-31)4-6-20(26)22(18)30(36)37;1-2(3)4/h3-8,10,12-13,31H,9,11H2,1-2H3;1H3,(H,3,4)/t12-,13-;/m1./s1. The predicted octanol–water partition coefficient (Wildman–Crippen LogP) is 4.89. The summed E-state index contributed by atoms with van der Waals surface area (Å²) in [6.07, 6.45) is 1.47. The number of carboxylic acids is 1. The summed E-state index contributed by atoms with van der Waals surface area (Å²) in [5.41, 5.74) is -1.51. The lowest BCUT2D eigenvalue weighted by molar-refractivity contribution is -0.383. The first-order chi connectivity index (χ1) is 19.2. The molecule has 41 heavy (non-hydrogen) atoms. The van der Waals surface area contributed by atoms with Gasteiger partial charge in [-0.1, -0.05) is 23.2 Å². The highest BCUT2D eigenvalue weighted by atomic mass is 35.5. The molecule has 2 atom stereocenters. The topological polar surface area (TPSA) is 188 Å². The Morgan fingerprint density at radius 1 is 0.878 bits per heavy atom. The third-order valence-corrected chi connectivity index (χ3v) is 6.93. The summed E-state index contributed by atoms with van der Waals surface area (Å²) < 4.78 is 2.70. The van der Waals surface area contributed by atoms with Gasteiger partial charge >= 0.3 is 0 Å². The van der Waals surface area contributed by atoms with Crippen molar-refractivity contribution in [3.8, 4) is 0 Å². The molecule has 4 aromatic rings. The monoisotopic (exact) mass is 606 g/mol. The maximum atomic E-state index is 13.4. The molecule has 4 rings (SSSR count). The van der Waals surface area contributed by atoms with Crippen molar-refractivity contribution in [2.45, 2.75) is 39.3 Å². The first-order valence-electron chi connectivity index (χ1n) is 12.0. The maximum absolute atomic E-state index is 13.4. The number of aliphatic hydroxyl groups excluding tert-OH is 1. The Balaban J connectivity index is 0.00000108. The Morgan fingerprint density at radius 3 is 1.85 bits per heavy atom. The van der Waals surface area contributed by atoms with E-state index in [2.05, 4.69) is 0 Å². The van der Waals surface area contributed by atoms with E-state index in [4.69, 9.17) is 33.1 Å². The molecule has 0 aliphatic rings. The first kappa shape index (κ1) is 31.2. The molecular formula is C26H24Cl2N4O9. The highest BCUT2D eigenvalue weighted by molar-refractivity contribution is 6.34. The summed E-state index contributed by atoms with van der Waals surface area (Å²) in [5, 5.41) is 40.5. The van der Waals surface area contributed by atoms with Gasteiger partial charge in [-0.05, 0) is 50.2 Å². The van der Waals surface area contributed by atoms with Gasteiger partial charge in [0.1, 0.15) is 10.0 Å². The van der Waals surface area contributed by atoms with Crippen LogP contribution in [0.3, 0.4) is 0 Å². The molecule has 0 bridgehead atoms. The molecule has 0 spiro atoms. The molecule has 0 aliphatic heterocycles. The summed E-state index contributed by atoms with van der Waals surface area (Å²) in [6.45, 7) is 4.03. The Labute approximate surface area is 241 Å². The highest BCUT2D eigenvalue weighted by Crippen LogP contribution is 2.34. The number of nitrogens with zero attached hydrogens (tertiary/aromatic N) is 4. The van der Waals surface area contributed by atoms with Gasteiger partial charge < -0.3 is 19.3 Å². The van der Waals surface area contributed by atoms with Crippen molar-refractivity contribution in [3.05, 3.63) is 99.3 Å². The minimum Gasteiger partial charge on any atom is -0.481 e. The number of hydrogen-bond acceptors (Lipinski definition) is 8. The molecule has 0 saturated carbocycles. The van der Waals surface area contributed by atoms with Crippen molar-refractivity contribution in [1.29, 1.82) is 0 Å². The molecular weight excluding hydrogens is 583 g/mol. The van der Waals surface area contributed by atoms with Crippen LogP contribution < -0.4 is 11.1 Å². The van der Waals surface area contributed by atoms with E-state index in [1.54, 1.807) is 13.8 Å². The zero-order valence-corrected chi connectivity index (χ0v) is 23.4. The fourth-order valence-corrected chi connectivity index (χ4v) is 5.02. The second-order valence-electron chi connectivity index (χ2n) is 9.17. The fourth-order valence-electron chi connectivity index (χ4n) is 4.55. The van der Waals surface area contributed by atoms with Crippen LogP contribution in [0.4, 0.5) is 11.4 Å². The molecule has 0 amide bonds. The average molecular weight is 607 g/mol. The number of aromatic nitrogens is 2. The van der Waals surface area contributed by atoms with E-state index in [1.807, 2.05) is 0 Å².